The molecule has 0 amide bonds. The quantitative estimate of drug-likeness (QED) is 0.795. The predicted molar refractivity (Wildman–Crippen MR) is 51.6 cm³/mol. The second-order valence-corrected chi connectivity index (χ2v) is 3.62. The van der Waals surface area contributed by atoms with Crippen LogP contribution in [0.5, 0.6) is 0 Å². The molecule has 5 heteroatoms. The van der Waals surface area contributed by atoms with Crippen LogP contribution >= 0.6 is 0 Å². The van der Waals surface area contributed by atoms with Gasteiger partial charge < -0.3 is 5.32 Å². The Kier molecular flexibility index (Phi) is 3.85. The first-order valence-corrected chi connectivity index (χ1v) is 4.62. The van der Waals surface area contributed by atoms with Crippen LogP contribution in [0.3, 0.4) is 0 Å². The second kappa shape index (κ2) is 4.93. The van der Waals surface area contributed by atoms with E-state index in [1.54, 1.807) is 12.4 Å². The van der Waals surface area contributed by atoms with Gasteiger partial charge in [-0.1, -0.05) is 13.8 Å². The molecule has 1 heterocycles. The van der Waals surface area contributed by atoms with E-state index in [2.05, 4.69) is 24.3 Å². The molecule has 0 fully saturated rings. The number of alkyl halides is 2. The molecule has 0 radical (unpaired) electrons. The van der Waals surface area contributed by atoms with E-state index in [-0.39, 0.29) is 6.54 Å². The molecule has 1 N–H and O–H groups in total. The third-order valence-electron chi connectivity index (χ3n) is 1.67. The summed E-state index contributed by atoms with van der Waals surface area (Å²) in [6.45, 7) is 4.64. The Hall–Kier alpha value is -1.13. The number of rotatable bonds is 5. The lowest BCUT2D eigenvalue weighted by Gasteiger charge is -2.05. The van der Waals surface area contributed by atoms with Gasteiger partial charge in [0.05, 0.1) is 11.9 Å². The molecule has 3 nitrogen and oxygen atoms in total. The molecule has 0 aliphatic heterocycles. The number of hydrogen-bond donors (Lipinski definition) is 1. The highest BCUT2D eigenvalue weighted by atomic mass is 19.3. The van der Waals surface area contributed by atoms with Crippen LogP contribution < -0.4 is 5.32 Å². The zero-order valence-electron chi connectivity index (χ0n) is 8.37. The fourth-order valence-electron chi connectivity index (χ4n) is 1.02. The highest BCUT2D eigenvalue weighted by Crippen LogP contribution is 2.07. The van der Waals surface area contributed by atoms with Crippen LogP contribution in [0.4, 0.5) is 14.5 Å². The van der Waals surface area contributed by atoms with Crippen molar-refractivity contribution in [3.63, 3.8) is 0 Å². The lowest BCUT2D eigenvalue weighted by Crippen LogP contribution is -2.08. The number of halogens is 2. The van der Waals surface area contributed by atoms with Crippen molar-refractivity contribution >= 4 is 5.69 Å². The number of aromatic nitrogens is 2. The summed E-state index contributed by atoms with van der Waals surface area (Å²) in [6, 6.07) is 0. The zero-order valence-corrected chi connectivity index (χ0v) is 8.37. The molecule has 0 atom stereocenters. The van der Waals surface area contributed by atoms with Gasteiger partial charge in [0, 0.05) is 12.7 Å². The van der Waals surface area contributed by atoms with E-state index in [4.69, 9.17) is 0 Å². The van der Waals surface area contributed by atoms with Crippen molar-refractivity contribution in [2.45, 2.75) is 26.8 Å². The van der Waals surface area contributed by atoms with Gasteiger partial charge in [-0.3, -0.25) is 4.68 Å². The lowest BCUT2D eigenvalue weighted by atomic mass is 10.2. The van der Waals surface area contributed by atoms with Crippen LogP contribution in [0.25, 0.3) is 0 Å². The topological polar surface area (TPSA) is 29.9 Å². The number of hydrogen-bond acceptors (Lipinski definition) is 2. The van der Waals surface area contributed by atoms with Gasteiger partial charge in [-0.05, 0) is 5.92 Å². The van der Waals surface area contributed by atoms with E-state index < -0.39 is 6.43 Å². The average molecular weight is 203 g/mol. The second-order valence-electron chi connectivity index (χ2n) is 3.62. The van der Waals surface area contributed by atoms with E-state index in [9.17, 15) is 8.78 Å². The minimum atomic E-state index is -2.35. The molecule has 0 aliphatic carbocycles. The molecule has 1 rings (SSSR count). The fourth-order valence-corrected chi connectivity index (χ4v) is 1.02. The molecule has 0 saturated heterocycles. The maximum atomic E-state index is 12.0. The fraction of sp³-hybridized carbons (Fsp3) is 0.667. The lowest BCUT2D eigenvalue weighted by molar-refractivity contribution is 0.122. The third-order valence-corrected chi connectivity index (χ3v) is 1.67. The zero-order chi connectivity index (χ0) is 10.6. The van der Waals surface area contributed by atoms with Gasteiger partial charge in [0.1, 0.15) is 6.54 Å². The van der Waals surface area contributed by atoms with Crippen LogP contribution in [-0.2, 0) is 6.54 Å². The van der Waals surface area contributed by atoms with E-state index in [0.717, 1.165) is 12.2 Å². The summed E-state index contributed by atoms with van der Waals surface area (Å²) in [5.41, 5.74) is 0.791. The summed E-state index contributed by atoms with van der Waals surface area (Å²) in [4.78, 5) is 0. The van der Waals surface area contributed by atoms with Crippen molar-refractivity contribution < 1.29 is 8.78 Å². The SMILES string of the molecule is CC(C)CNc1cnn(CC(F)F)c1. The number of nitrogens with zero attached hydrogens (tertiary/aromatic N) is 2. The molecule has 0 bridgehead atoms. The molecule has 0 aromatic carbocycles. The van der Waals surface area contributed by atoms with E-state index in [1.807, 2.05) is 0 Å². The highest BCUT2D eigenvalue weighted by molar-refractivity contribution is 5.37. The molecule has 0 aliphatic rings. The van der Waals surface area contributed by atoms with Gasteiger partial charge in [-0.15, -0.1) is 0 Å². The van der Waals surface area contributed by atoms with Crippen molar-refractivity contribution in [2.75, 3.05) is 11.9 Å². The summed E-state index contributed by atoms with van der Waals surface area (Å²) in [6.07, 6.45) is 0.798. The molecule has 14 heavy (non-hydrogen) atoms. The molecule has 0 saturated carbocycles. The maximum Gasteiger partial charge on any atom is 0.257 e. The number of anilines is 1. The highest BCUT2D eigenvalue weighted by Gasteiger charge is 2.05. The van der Waals surface area contributed by atoms with Gasteiger partial charge in [0.25, 0.3) is 6.43 Å². The van der Waals surface area contributed by atoms with Gasteiger partial charge >= 0.3 is 0 Å². The van der Waals surface area contributed by atoms with Crippen molar-refractivity contribution in [3.8, 4) is 0 Å². The molecular weight excluding hydrogens is 188 g/mol. The van der Waals surface area contributed by atoms with Crippen LogP contribution in [0.15, 0.2) is 12.4 Å². The van der Waals surface area contributed by atoms with Gasteiger partial charge in [-0.2, -0.15) is 5.10 Å². The maximum absolute atomic E-state index is 12.0. The summed E-state index contributed by atoms with van der Waals surface area (Å²) < 4.78 is 25.2. The Bertz CT molecular complexity index is 271. The molecule has 1 aromatic heterocycles. The molecular formula is C9H15F2N3. The first-order chi connectivity index (χ1) is 6.58. The molecule has 0 unspecified atom stereocenters. The Morgan fingerprint density at radius 2 is 2.21 bits per heavy atom. The van der Waals surface area contributed by atoms with E-state index >= 15 is 0 Å². The molecule has 1 aromatic rings. The van der Waals surface area contributed by atoms with Crippen LogP contribution in [0.1, 0.15) is 13.8 Å². The van der Waals surface area contributed by atoms with Gasteiger partial charge in [0.15, 0.2) is 0 Å². The monoisotopic (exact) mass is 203 g/mol. The molecule has 80 valence electrons. The largest absolute Gasteiger partial charge is 0.382 e. The Morgan fingerprint density at radius 3 is 2.79 bits per heavy atom. The smallest absolute Gasteiger partial charge is 0.257 e. The van der Waals surface area contributed by atoms with Crippen LogP contribution in [0, 0.1) is 5.92 Å². The first kappa shape index (κ1) is 10.9. The first-order valence-electron chi connectivity index (χ1n) is 4.62. The van der Waals surface area contributed by atoms with E-state index in [1.165, 1.54) is 4.68 Å². The summed E-state index contributed by atoms with van der Waals surface area (Å²) >= 11 is 0. The Balaban J connectivity index is 2.42. The van der Waals surface area contributed by atoms with Crippen molar-refractivity contribution in [3.05, 3.63) is 12.4 Å². The van der Waals surface area contributed by atoms with Crippen molar-refractivity contribution in [1.82, 2.24) is 9.78 Å². The average Bonchev–Trinajstić information content (AvgIpc) is 2.47. The van der Waals surface area contributed by atoms with E-state index in [0.29, 0.717) is 5.92 Å². The molecule has 0 spiro atoms. The van der Waals surface area contributed by atoms with Gasteiger partial charge in [0.2, 0.25) is 0 Å². The van der Waals surface area contributed by atoms with Crippen LogP contribution in [0.2, 0.25) is 0 Å². The van der Waals surface area contributed by atoms with Crippen LogP contribution in [-0.4, -0.2) is 22.8 Å². The number of nitrogens with one attached hydrogen (secondary N) is 1. The normalized spacial score (nSPS) is 11.3. The van der Waals surface area contributed by atoms with Gasteiger partial charge in [-0.25, -0.2) is 8.78 Å². The predicted octanol–water partition coefficient (Wildman–Crippen LogP) is 2.22. The summed E-state index contributed by atoms with van der Waals surface area (Å²) in [5.74, 6) is 0.522. The Labute approximate surface area is 82.1 Å². The third kappa shape index (κ3) is 3.72. The van der Waals surface area contributed by atoms with Crippen molar-refractivity contribution in [2.24, 2.45) is 5.92 Å². The summed E-state index contributed by atoms with van der Waals surface area (Å²) in [7, 11) is 0. The standard InChI is InChI=1S/C9H15F2N3/c1-7(2)3-12-8-4-13-14(5-8)6-9(10)11/h4-5,7,9,12H,3,6H2,1-2H3. The minimum Gasteiger partial charge on any atom is -0.382 e. The Morgan fingerprint density at radius 1 is 1.50 bits per heavy atom. The van der Waals surface area contributed by atoms with Crippen molar-refractivity contribution in [1.29, 1.82) is 0 Å². The minimum absolute atomic E-state index is 0.344. The summed E-state index contributed by atoms with van der Waals surface area (Å²) in [5, 5.41) is 6.92.